The maximum Gasteiger partial charge on any atom is 0.490 e. The van der Waals surface area contributed by atoms with Gasteiger partial charge in [-0.15, -0.1) is 0 Å². The molecule has 3 amide bonds. The highest BCUT2D eigenvalue weighted by molar-refractivity contribution is 5.94. The first kappa shape index (κ1) is 40.9. The highest BCUT2D eigenvalue weighted by Crippen LogP contribution is 2.31. The van der Waals surface area contributed by atoms with E-state index in [4.69, 9.17) is 25.5 Å². The third kappa shape index (κ3) is 13.7. The van der Waals surface area contributed by atoms with E-state index in [1.165, 1.54) is 19.1 Å². The Balaban J connectivity index is 0.000000687. The highest BCUT2D eigenvalue weighted by atomic mass is 19.4. The van der Waals surface area contributed by atoms with Crippen molar-refractivity contribution in [1.82, 2.24) is 20.9 Å². The first-order chi connectivity index (χ1) is 21.8. The lowest BCUT2D eigenvalue weighted by Gasteiger charge is -2.17. The van der Waals surface area contributed by atoms with Gasteiger partial charge >= 0.3 is 30.5 Å². The van der Waals surface area contributed by atoms with Crippen LogP contribution in [-0.2, 0) is 43.1 Å². The second-order valence-electron chi connectivity index (χ2n) is 9.93. The summed E-state index contributed by atoms with van der Waals surface area (Å²) in [6.45, 7) is 3.48. The number of nitrogens with zero attached hydrogens (tertiary/aromatic N) is 1. The molecular formula is C27H28F9N5O7. The zero-order valence-corrected chi connectivity index (χ0v) is 24.7. The van der Waals surface area contributed by atoms with Crippen molar-refractivity contribution >= 4 is 35.5 Å². The molecule has 2 aromatic rings. The summed E-state index contributed by atoms with van der Waals surface area (Å²) in [7, 11) is 0. The van der Waals surface area contributed by atoms with Crippen molar-refractivity contribution in [2.24, 2.45) is 5.92 Å². The van der Waals surface area contributed by atoms with Crippen LogP contribution in [0.4, 0.5) is 45.3 Å². The molecule has 48 heavy (non-hydrogen) atoms. The number of rotatable bonds is 7. The van der Waals surface area contributed by atoms with Gasteiger partial charge in [0.15, 0.2) is 0 Å². The average molecular weight is 706 g/mol. The Morgan fingerprint density at radius 3 is 2.00 bits per heavy atom. The minimum absolute atomic E-state index is 0.0740. The summed E-state index contributed by atoms with van der Waals surface area (Å²) in [5, 5.41) is 22.1. The van der Waals surface area contributed by atoms with Crippen LogP contribution < -0.4 is 21.7 Å². The van der Waals surface area contributed by atoms with Crippen molar-refractivity contribution in [2.45, 2.75) is 63.8 Å². The lowest BCUT2D eigenvalue weighted by atomic mass is 9.95. The number of halogens is 9. The maximum absolute atomic E-state index is 12.9. The van der Waals surface area contributed by atoms with E-state index in [2.05, 4.69) is 20.9 Å². The predicted octanol–water partition coefficient (Wildman–Crippen LogP) is 3.13. The van der Waals surface area contributed by atoms with Crippen LogP contribution in [0.1, 0.15) is 35.7 Å². The van der Waals surface area contributed by atoms with E-state index < -0.39 is 71.8 Å². The van der Waals surface area contributed by atoms with Gasteiger partial charge in [-0.05, 0) is 49.9 Å². The minimum atomic E-state index is -5.08. The molecule has 3 atom stereocenters. The first-order valence-electron chi connectivity index (χ1n) is 13.2. The molecule has 266 valence electrons. The number of hydrogen-bond donors (Lipinski definition) is 6. The van der Waals surface area contributed by atoms with Gasteiger partial charge in [-0.25, -0.2) is 14.6 Å². The third-order valence-electron chi connectivity index (χ3n) is 6.17. The van der Waals surface area contributed by atoms with Gasteiger partial charge < -0.3 is 31.9 Å². The highest BCUT2D eigenvalue weighted by Gasteiger charge is 2.39. The van der Waals surface area contributed by atoms with E-state index in [1.807, 2.05) is 0 Å². The molecule has 0 aliphatic carbocycles. The molecule has 3 rings (SSSR count). The van der Waals surface area contributed by atoms with Gasteiger partial charge in [-0.3, -0.25) is 14.4 Å². The molecule has 1 aliphatic rings. The summed E-state index contributed by atoms with van der Waals surface area (Å²) in [5.41, 5.74) is 6.64. The maximum atomic E-state index is 12.9. The number of carboxylic acids is 2. The van der Waals surface area contributed by atoms with Gasteiger partial charge in [0.25, 0.3) is 0 Å². The summed E-state index contributed by atoms with van der Waals surface area (Å²) in [6.07, 6.45) is -14.5. The van der Waals surface area contributed by atoms with Gasteiger partial charge in [-0.2, -0.15) is 39.5 Å². The number of alkyl halides is 9. The van der Waals surface area contributed by atoms with Crippen molar-refractivity contribution in [2.75, 3.05) is 5.73 Å². The zero-order chi connectivity index (χ0) is 37.2. The molecule has 0 saturated carbocycles. The number of benzene rings is 1. The second-order valence-corrected chi connectivity index (χ2v) is 9.93. The fourth-order valence-electron chi connectivity index (χ4n) is 3.76. The van der Waals surface area contributed by atoms with E-state index in [1.54, 1.807) is 19.1 Å². The monoisotopic (exact) mass is 705 g/mol. The Bertz CT molecular complexity index is 1460. The van der Waals surface area contributed by atoms with E-state index in [9.17, 15) is 53.9 Å². The van der Waals surface area contributed by atoms with Crippen LogP contribution in [0.5, 0.6) is 0 Å². The Morgan fingerprint density at radius 2 is 1.52 bits per heavy atom. The second kappa shape index (κ2) is 16.6. The number of amides is 3. The normalized spacial score (nSPS) is 16.6. The Morgan fingerprint density at radius 1 is 0.979 bits per heavy atom. The summed E-state index contributed by atoms with van der Waals surface area (Å²) in [6, 6.07) is 6.41. The number of nitrogen functional groups attached to an aromatic ring is 1. The number of hydrogen-bond acceptors (Lipinski definition) is 7. The quantitative estimate of drug-likeness (QED) is 0.234. The first-order valence-corrected chi connectivity index (χ1v) is 13.2. The van der Waals surface area contributed by atoms with Crippen molar-refractivity contribution in [3.05, 3.63) is 58.8 Å². The van der Waals surface area contributed by atoms with Crippen molar-refractivity contribution in [3.63, 3.8) is 0 Å². The third-order valence-corrected chi connectivity index (χ3v) is 6.17. The lowest BCUT2D eigenvalue weighted by molar-refractivity contribution is -0.193. The molecule has 1 saturated heterocycles. The molecule has 21 heteroatoms. The Labute approximate surface area is 264 Å². The largest absolute Gasteiger partial charge is 0.490 e. The van der Waals surface area contributed by atoms with Gasteiger partial charge in [0.05, 0.1) is 5.56 Å². The molecule has 0 spiro atoms. The standard InChI is InChI=1S/C23H26F3N5O3.2C2HF3O2/c1-12-15(6-7-19(27)29-12)11-28-20(32)13(2)30-22(34)18-10-16(21(33)31-18)8-14-4-3-5-17(9-14)23(24,25)26;2*3-2(4,5)1(6)7/h3-7,9,13,16,18H,8,10-11H2,1-2H3,(H2,27,29)(H,28,32)(H,30,34)(H,31,33);2*(H,6,7)/t13-,16-,18+;;/m0../s1. The van der Waals surface area contributed by atoms with Gasteiger partial charge in [0.2, 0.25) is 17.7 Å². The summed E-state index contributed by atoms with van der Waals surface area (Å²) in [5.74, 6) is -7.16. The molecule has 7 N–H and O–H groups in total. The van der Waals surface area contributed by atoms with Crippen LogP contribution in [0.25, 0.3) is 0 Å². The van der Waals surface area contributed by atoms with Gasteiger partial charge in [0.1, 0.15) is 17.9 Å². The summed E-state index contributed by atoms with van der Waals surface area (Å²) >= 11 is 0. The number of carboxylic acid groups (broad SMARTS) is 2. The number of carbonyl (C=O) groups is 5. The molecular weight excluding hydrogens is 677 g/mol. The average Bonchev–Trinajstić information content (AvgIpc) is 3.31. The van der Waals surface area contributed by atoms with Crippen LogP contribution in [0.15, 0.2) is 36.4 Å². The fourth-order valence-corrected chi connectivity index (χ4v) is 3.76. The molecule has 1 aromatic carbocycles. The molecule has 0 unspecified atom stereocenters. The van der Waals surface area contributed by atoms with Gasteiger partial charge in [0, 0.05) is 18.2 Å². The van der Waals surface area contributed by atoms with Crippen molar-refractivity contribution < 1.29 is 73.7 Å². The molecule has 2 heterocycles. The zero-order valence-electron chi connectivity index (χ0n) is 24.7. The SMILES string of the molecule is Cc1nc(N)ccc1CNC(=O)[C@H](C)NC(=O)[C@H]1C[C@H](Cc2cccc(C(F)(F)F)c2)C(=O)N1.O=C(O)C(F)(F)F.O=C(O)C(F)(F)F. The Hall–Kier alpha value is -5.11. The van der Waals surface area contributed by atoms with Crippen LogP contribution in [0.2, 0.25) is 0 Å². The number of pyridine rings is 1. The fraction of sp³-hybridized carbons (Fsp3) is 0.407. The summed E-state index contributed by atoms with van der Waals surface area (Å²) in [4.78, 5) is 59.2. The predicted molar refractivity (Wildman–Crippen MR) is 145 cm³/mol. The van der Waals surface area contributed by atoms with Crippen molar-refractivity contribution in [3.8, 4) is 0 Å². The molecule has 1 fully saturated rings. The minimum Gasteiger partial charge on any atom is -0.475 e. The van der Waals surface area contributed by atoms with Gasteiger partial charge in [-0.1, -0.05) is 24.3 Å². The van der Waals surface area contributed by atoms with Crippen molar-refractivity contribution in [1.29, 1.82) is 0 Å². The number of carbonyl (C=O) groups excluding carboxylic acids is 3. The number of aliphatic carboxylic acids is 2. The molecule has 0 radical (unpaired) electrons. The topological polar surface area (TPSA) is 201 Å². The number of aromatic nitrogens is 1. The van der Waals surface area contributed by atoms with E-state index in [-0.39, 0.29) is 19.4 Å². The van der Waals surface area contributed by atoms with Crippen LogP contribution in [0.3, 0.4) is 0 Å². The van der Waals surface area contributed by atoms with Crippen LogP contribution in [-0.4, -0.2) is 69.3 Å². The molecule has 1 aromatic heterocycles. The lowest BCUT2D eigenvalue weighted by Crippen LogP contribution is -2.50. The molecule has 1 aliphatic heterocycles. The number of nitrogens with two attached hydrogens (primary N) is 1. The van der Waals surface area contributed by atoms with E-state index in [0.29, 0.717) is 17.1 Å². The Kier molecular flexibility index (Phi) is 14.2. The number of aryl methyl sites for hydroxylation is 1. The number of anilines is 1. The number of nitrogens with one attached hydrogen (secondary N) is 3. The smallest absolute Gasteiger partial charge is 0.475 e. The molecule has 12 nitrogen and oxygen atoms in total. The van der Waals surface area contributed by atoms with E-state index in [0.717, 1.165) is 17.7 Å². The van der Waals surface area contributed by atoms with Crippen LogP contribution >= 0.6 is 0 Å². The van der Waals surface area contributed by atoms with Crippen LogP contribution in [0, 0.1) is 12.8 Å². The van der Waals surface area contributed by atoms with E-state index >= 15 is 0 Å². The summed E-state index contributed by atoms with van der Waals surface area (Å²) < 4.78 is 102. The molecule has 0 bridgehead atoms.